The number of rotatable bonds is 19. The third-order valence-electron chi connectivity index (χ3n) is 9.04. The smallest absolute Gasteiger partial charge is 0.257 e. The molecule has 1 amide bonds. The molecule has 3 aliphatic rings. The first-order valence-corrected chi connectivity index (χ1v) is 16.4. The van der Waals surface area contributed by atoms with Gasteiger partial charge in [-0.05, 0) is 47.5 Å². The van der Waals surface area contributed by atoms with E-state index in [1.807, 2.05) is 4.90 Å². The van der Waals surface area contributed by atoms with Gasteiger partial charge in [0.25, 0.3) is 5.91 Å². The molecule has 3 heterocycles. The van der Waals surface area contributed by atoms with Crippen molar-refractivity contribution in [3.05, 3.63) is 0 Å². The van der Waals surface area contributed by atoms with Crippen LogP contribution in [-0.4, -0.2) is 52.5 Å². The molecule has 0 aromatic carbocycles. The zero-order valence-electron chi connectivity index (χ0n) is 26.1. The summed E-state index contributed by atoms with van der Waals surface area (Å²) in [4.78, 5) is 16.0. The monoisotopic (exact) mass is 534 g/mol. The van der Waals surface area contributed by atoms with Crippen LogP contribution in [0, 0.1) is 0 Å². The normalized spacial score (nSPS) is 27.4. The number of hydrogen-bond donors (Lipinski definition) is 1. The highest BCUT2D eigenvalue weighted by Gasteiger charge is 2.63. The first kappa shape index (κ1) is 31.9. The molecule has 0 radical (unpaired) electrons. The van der Waals surface area contributed by atoms with E-state index in [1.54, 1.807) is 0 Å². The first-order chi connectivity index (χ1) is 18.0. The zero-order valence-corrected chi connectivity index (χ0v) is 26.1. The summed E-state index contributed by atoms with van der Waals surface area (Å²) in [5.41, 5.74) is -1.53. The van der Waals surface area contributed by atoms with Crippen LogP contribution in [-0.2, 0) is 14.3 Å². The van der Waals surface area contributed by atoms with Gasteiger partial charge in [0, 0.05) is 23.9 Å². The van der Waals surface area contributed by atoms with Crippen molar-refractivity contribution in [2.24, 2.45) is 0 Å². The highest BCUT2D eigenvalue weighted by molar-refractivity contribution is 5.88. The summed E-state index contributed by atoms with van der Waals surface area (Å²) in [6, 6.07) is 0. The second-order valence-corrected chi connectivity index (χ2v) is 14.4. The molecule has 2 unspecified atom stereocenters. The van der Waals surface area contributed by atoms with Gasteiger partial charge in [-0.25, -0.2) is 0 Å². The fraction of sp³-hybridized carbons (Fsp3) is 0.970. The van der Waals surface area contributed by atoms with Gasteiger partial charge in [-0.15, -0.1) is 0 Å². The summed E-state index contributed by atoms with van der Waals surface area (Å²) in [5, 5.41) is 3.73. The Kier molecular flexibility index (Phi) is 12.0. The molecule has 5 nitrogen and oxygen atoms in total. The van der Waals surface area contributed by atoms with Crippen molar-refractivity contribution in [1.82, 2.24) is 10.2 Å². The molecule has 2 atom stereocenters. The van der Waals surface area contributed by atoms with Crippen LogP contribution < -0.4 is 5.32 Å². The summed E-state index contributed by atoms with van der Waals surface area (Å²) in [6.07, 6.45) is 24.5. The van der Waals surface area contributed by atoms with Crippen molar-refractivity contribution in [2.45, 2.75) is 192 Å². The third-order valence-corrected chi connectivity index (χ3v) is 9.04. The number of piperidine rings is 1. The maximum atomic E-state index is 13.9. The van der Waals surface area contributed by atoms with E-state index in [1.165, 1.54) is 96.3 Å². The van der Waals surface area contributed by atoms with Gasteiger partial charge < -0.3 is 19.7 Å². The summed E-state index contributed by atoms with van der Waals surface area (Å²) >= 11 is 0. The van der Waals surface area contributed by atoms with E-state index in [-0.39, 0.29) is 23.1 Å². The molecule has 5 heteroatoms. The van der Waals surface area contributed by atoms with Crippen LogP contribution in [0.15, 0.2) is 0 Å². The molecule has 38 heavy (non-hydrogen) atoms. The molecule has 222 valence electrons. The van der Waals surface area contributed by atoms with Gasteiger partial charge in [-0.1, -0.05) is 103 Å². The zero-order chi connectivity index (χ0) is 27.7. The van der Waals surface area contributed by atoms with E-state index in [9.17, 15) is 4.79 Å². The van der Waals surface area contributed by atoms with Crippen molar-refractivity contribution < 1.29 is 14.3 Å². The lowest BCUT2D eigenvalue weighted by atomic mass is 9.72. The van der Waals surface area contributed by atoms with Crippen LogP contribution in [0.25, 0.3) is 0 Å². The minimum Gasteiger partial charge on any atom is -0.371 e. The maximum absolute atomic E-state index is 13.9. The van der Waals surface area contributed by atoms with Crippen molar-refractivity contribution in [2.75, 3.05) is 13.2 Å². The van der Waals surface area contributed by atoms with E-state index >= 15 is 0 Å². The molecule has 1 spiro atoms. The Balaban J connectivity index is 1.33. The van der Waals surface area contributed by atoms with Crippen LogP contribution in [0.2, 0.25) is 0 Å². The predicted molar refractivity (Wildman–Crippen MR) is 158 cm³/mol. The second kappa shape index (κ2) is 14.3. The number of carbonyl (C=O) groups excluding carboxylic acids is 1. The van der Waals surface area contributed by atoms with Crippen molar-refractivity contribution in [3.8, 4) is 0 Å². The molecule has 3 fully saturated rings. The van der Waals surface area contributed by atoms with Crippen LogP contribution >= 0.6 is 0 Å². The highest BCUT2D eigenvalue weighted by Crippen LogP contribution is 2.49. The lowest BCUT2D eigenvalue weighted by Gasteiger charge is -2.50. The van der Waals surface area contributed by atoms with Gasteiger partial charge in [0.1, 0.15) is 5.72 Å². The van der Waals surface area contributed by atoms with E-state index in [0.29, 0.717) is 6.54 Å². The molecular weight excluding hydrogens is 472 g/mol. The van der Waals surface area contributed by atoms with Crippen molar-refractivity contribution in [3.63, 3.8) is 0 Å². The average molecular weight is 535 g/mol. The number of epoxide rings is 1. The molecule has 1 N–H and O–H groups in total. The third kappa shape index (κ3) is 9.77. The number of carbonyl (C=O) groups is 1. The number of ether oxygens (including phenoxy) is 2. The molecule has 0 bridgehead atoms. The van der Waals surface area contributed by atoms with Crippen molar-refractivity contribution in [1.29, 1.82) is 0 Å². The number of nitrogens with one attached hydrogen (secondary N) is 1. The summed E-state index contributed by atoms with van der Waals surface area (Å²) in [6.45, 7) is 14.7. The standard InChI is InChI=1S/C33H62N2O3/c1-7-8-9-10-11-12-13-14-15-16-17-18-19-20-21-22-23-32(6)35(24-28-25-37-28)29(36)33(38-32)26-30(2,3)34-31(4,5)27-33/h28,34H,7-27H2,1-6H3. The minimum atomic E-state index is -0.725. The van der Waals surface area contributed by atoms with Gasteiger partial charge in [-0.3, -0.25) is 4.79 Å². The molecule has 0 aliphatic carbocycles. The number of nitrogens with zero attached hydrogens (tertiary/aromatic N) is 1. The topological polar surface area (TPSA) is 54.1 Å². The van der Waals surface area contributed by atoms with Crippen molar-refractivity contribution >= 4 is 5.91 Å². The lowest BCUT2D eigenvalue weighted by Crippen LogP contribution is -2.65. The quantitative estimate of drug-likeness (QED) is 0.134. The fourth-order valence-electron chi connectivity index (χ4n) is 7.54. The van der Waals surface area contributed by atoms with Gasteiger partial charge in [0.15, 0.2) is 5.60 Å². The minimum absolute atomic E-state index is 0.140. The Labute approximate surface area is 235 Å². The largest absolute Gasteiger partial charge is 0.371 e. The molecular formula is C33H62N2O3. The fourth-order valence-corrected chi connectivity index (χ4v) is 7.54. The summed E-state index contributed by atoms with van der Waals surface area (Å²) in [7, 11) is 0. The predicted octanol–water partition coefficient (Wildman–Crippen LogP) is 8.29. The van der Waals surface area contributed by atoms with E-state index in [4.69, 9.17) is 9.47 Å². The Morgan fingerprint density at radius 2 is 1.16 bits per heavy atom. The molecule has 0 saturated carbocycles. The molecule has 3 rings (SSSR count). The molecule has 3 saturated heterocycles. The number of unbranched alkanes of at least 4 members (excludes halogenated alkanes) is 15. The lowest BCUT2D eigenvalue weighted by molar-refractivity contribution is -0.165. The van der Waals surface area contributed by atoms with Crippen LogP contribution in [0.4, 0.5) is 0 Å². The van der Waals surface area contributed by atoms with Gasteiger partial charge in [0.2, 0.25) is 0 Å². The van der Waals surface area contributed by atoms with Crippen LogP contribution in [0.5, 0.6) is 0 Å². The number of hydrogen-bond acceptors (Lipinski definition) is 4. The Morgan fingerprint density at radius 3 is 1.58 bits per heavy atom. The summed E-state index contributed by atoms with van der Waals surface area (Å²) < 4.78 is 12.5. The van der Waals surface area contributed by atoms with Gasteiger partial charge in [-0.2, -0.15) is 0 Å². The Morgan fingerprint density at radius 1 is 0.737 bits per heavy atom. The second-order valence-electron chi connectivity index (χ2n) is 14.4. The van der Waals surface area contributed by atoms with Gasteiger partial charge >= 0.3 is 0 Å². The number of amides is 1. The average Bonchev–Trinajstić information content (AvgIpc) is 3.61. The van der Waals surface area contributed by atoms with E-state index in [0.717, 1.165) is 32.3 Å². The molecule has 0 aromatic rings. The van der Waals surface area contributed by atoms with E-state index in [2.05, 4.69) is 46.9 Å². The summed E-state index contributed by atoms with van der Waals surface area (Å²) in [5.74, 6) is 0.189. The van der Waals surface area contributed by atoms with Gasteiger partial charge in [0.05, 0.1) is 19.3 Å². The SMILES string of the molecule is CCCCCCCCCCCCCCCCCCC1(C)OC2(CC(C)(C)NC(C)(C)C2)C(=O)N1CC1CO1. The molecule has 0 aromatic heterocycles. The molecule has 3 aliphatic heterocycles. The van der Waals surface area contributed by atoms with Crippen LogP contribution in [0.1, 0.15) is 164 Å². The van der Waals surface area contributed by atoms with E-state index < -0.39 is 11.3 Å². The highest BCUT2D eigenvalue weighted by atomic mass is 16.6. The Bertz CT molecular complexity index is 701. The van der Waals surface area contributed by atoms with Crippen LogP contribution in [0.3, 0.4) is 0 Å². The Hall–Kier alpha value is -0.650. The maximum Gasteiger partial charge on any atom is 0.257 e. The first-order valence-electron chi connectivity index (χ1n) is 16.4.